The molecule has 0 aliphatic carbocycles. The maximum Gasteiger partial charge on any atom is 0.270 e. The summed E-state index contributed by atoms with van der Waals surface area (Å²) in [5.74, 6) is -0.618. The Morgan fingerprint density at radius 2 is 2.18 bits per heavy atom. The lowest BCUT2D eigenvalue weighted by Gasteiger charge is -2.21. The van der Waals surface area contributed by atoms with Crippen molar-refractivity contribution in [2.24, 2.45) is 5.92 Å². The van der Waals surface area contributed by atoms with Crippen LogP contribution in [0.5, 0.6) is 0 Å². The van der Waals surface area contributed by atoms with Crippen LogP contribution in [0.1, 0.15) is 16.1 Å². The van der Waals surface area contributed by atoms with Gasteiger partial charge in [0.15, 0.2) is 0 Å². The van der Waals surface area contributed by atoms with Crippen molar-refractivity contribution in [3.63, 3.8) is 0 Å². The fraction of sp³-hybridized carbons (Fsp3) is 0.571. The maximum atomic E-state index is 12.3. The monoisotopic (exact) mass is 327 g/mol. The van der Waals surface area contributed by atoms with Gasteiger partial charge >= 0.3 is 0 Å². The minimum Gasteiger partial charge on any atom is -0.379 e. The lowest BCUT2D eigenvalue weighted by atomic mass is 10.1. The highest BCUT2D eigenvalue weighted by Crippen LogP contribution is 2.18. The summed E-state index contributed by atoms with van der Waals surface area (Å²) in [4.78, 5) is 16.3. The number of carbonyl (C=O) groups excluding carboxylic acids is 1. The first-order valence-electron chi connectivity index (χ1n) is 7.01. The molecule has 2 atom stereocenters. The normalized spacial score (nSPS) is 22.0. The van der Waals surface area contributed by atoms with E-state index in [-0.39, 0.29) is 23.6 Å². The van der Waals surface area contributed by atoms with Crippen molar-refractivity contribution in [3.8, 4) is 0 Å². The van der Waals surface area contributed by atoms with Crippen molar-refractivity contribution in [2.75, 3.05) is 33.1 Å². The van der Waals surface area contributed by atoms with E-state index in [4.69, 9.17) is 4.74 Å². The summed E-state index contributed by atoms with van der Waals surface area (Å²) in [6.45, 7) is 2.44. The van der Waals surface area contributed by atoms with Gasteiger partial charge in [0.1, 0.15) is 5.69 Å². The Morgan fingerprint density at radius 3 is 2.82 bits per heavy atom. The van der Waals surface area contributed by atoms with Crippen molar-refractivity contribution in [1.29, 1.82) is 0 Å². The molecule has 1 aromatic heterocycles. The van der Waals surface area contributed by atoms with E-state index in [0.717, 1.165) is 5.56 Å². The SMILES string of the molecule is Cc1cccnc1C(=O)N[C@H]1COC[C@H]1CS(=O)(=O)N(C)C. The summed E-state index contributed by atoms with van der Waals surface area (Å²) >= 11 is 0. The number of amides is 1. The highest BCUT2D eigenvalue weighted by Gasteiger charge is 2.34. The average Bonchev–Trinajstić information content (AvgIpc) is 2.85. The molecule has 7 nitrogen and oxygen atoms in total. The summed E-state index contributed by atoms with van der Waals surface area (Å²) in [5, 5.41) is 2.84. The maximum absolute atomic E-state index is 12.3. The van der Waals surface area contributed by atoms with Gasteiger partial charge in [-0.1, -0.05) is 6.07 Å². The third kappa shape index (κ3) is 3.82. The summed E-state index contributed by atoms with van der Waals surface area (Å²) in [6.07, 6.45) is 1.56. The molecule has 0 bridgehead atoms. The number of aryl methyl sites for hydroxylation is 1. The van der Waals surface area contributed by atoms with Gasteiger partial charge in [0.2, 0.25) is 10.0 Å². The van der Waals surface area contributed by atoms with Crippen LogP contribution in [-0.4, -0.2) is 62.7 Å². The largest absolute Gasteiger partial charge is 0.379 e. The Bertz CT molecular complexity index is 645. The smallest absolute Gasteiger partial charge is 0.270 e. The quantitative estimate of drug-likeness (QED) is 0.824. The molecule has 1 aliphatic rings. The molecule has 1 amide bonds. The van der Waals surface area contributed by atoms with E-state index in [2.05, 4.69) is 10.3 Å². The molecule has 22 heavy (non-hydrogen) atoms. The Balaban J connectivity index is 2.06. The van der Waals surface area contributed by atoms with Gasteiger partial charge in [-0.05, 0) is 18.6 Å². The van der Waals surface area contributed by atoms with Gasteiger partial charge in [-0.3, -0.25) is 9.78 Å². The van der Waals surface area contributed by atoms with Crippen LogP contribution in [0.4, 0.5) is 0 Å². The molecule has 0 radical (unpaired) electrons. The molecular weight excluding hydrogens is 306 g/mol. The number of sulfonamides is 1. The predicted molar refractivity (Wildman–Crippen MR) is 82.0 cm³/mol. The van der Waals surface area contributed by atoms with Crippen LogP contribution in [0.15, 0.2) is 18.3 Å². The highest BCUT2D eigenvalue weighted by atomic mass is 32.2. The third-order valence-corrected chi connectivity index (χ3v) is 5.68. The summed E-state index contributed by atoms with van der Waals surface area (Å²) < 4.78 is 30.5. The summed E-state index contributed by atoms with van der Waals surface area (Å²) in [7, 11) is -0.345. The number of nitrogens with zero attached hydrogens (tertiary/aromatic N) is 2. The van der Waals surface area contributed by atoms with Crippen molar-refractivity contribution >= 4 is 15.9 Å². The Labute approximate surface area is 130 Å². The zero-order valence-electron chi connectivity index (χ0n) is 12.9. The van der Waals surface area contributed by atoms with E-state index in [1.165, 1.54) is 18.4 Å². The van der Waals surface area contributed by atoms with E-state index < -0.39 is 10.0 Å². The molecule has 2 rings (SSSR count). The molecule has 0 aromatic carbocycles. The number of pyridine rings is 1. The average molecular weight is 327 g/mol. The molecule has 8 heteroatoms. The van der Waals surface area contributed by atoms with Gasteiger partial charge in [-0.2, -0.15) is 0 Å². The number of hydrogen-bond donors (Lipinski definition) is 1. The molecule has 1 aromatic rings. The Hall–Kier alpha value is -1.51. The second-order valence-corrected chi connectivity index (χ2v) is 7.83. The topological polar surface area (TPSA) is 88.6 Å². The standard InChI is InChI=1S/C14H21N3O4S/c1-10-5-4-6-15-13(10)14(18)16-12-8-21-7-11(12)9-22(19,20)17(2)3/h4-6,11-12H,7-9H2,1-3H3,(H,16,18)/t11-,12-/m0/s1. The van der Waals surface area contributed by atoms with Crippen LogP contribution in [0.25, 0.3) is 0 Å². The van der Waals surface area contributed by atoms with E-state index in [9.17, 15) is 13.2 Å². The molecule has 1 fully saturated rings. The van der Waals surface area contributed by atoms with Crippen LogP contribution in [0, 0.1) is 12.8 Å². The van der Waals surface area contributed by atoms with Crippen molar-refractivity contribution in [3.05, 3.63) is 29.6 Å². The van der Waals surface area contributed by atoms with Crippen molar-refractivity contribution < 1.29 is 17.9 Å². The van der Waals surface area contributed by atoms with E-state index >= 15 is 0 Å². The lowest BCUT2D eigenvalue weighted by Crippen LogP contribution is -2.44. The molecule has 1 aliphatic heterocycles. The van der Waals surface area contributed by atoms with Gasteiger partial charge in [-0.25, -0.2) is 12.7 Å². The fourth-order valence-corrected chi connectivity index (χ4v) is 3.47. The number of aromatic nitrogens is 1. The molecule has 0 saturated carbocycles. The Kier molecular flexibility index (Phi) is 5.15. The van der Waals surface area contributed by atoms with Gasteiger partial charge in [0, 0.05) is 26.2 Å². The molecule has 1 saturated heterocycles. The number of rotatable bonds is 5. The van der Waals surface area contributed by atoms with Crippen LogP contribution in [-0.2, 0) is 14.8 Å². The second-order valence-electron chi connectivity index (χ2n) is 5.61. The van der Waals surface area contributed by atoms with Crippen LogP contribution < -0.4 is 5.32 Å². The molecule has 0 unspecified atom stereocenters. The minimum atomic E-state index is -3.34. The minimum absolute atomic E-state index is 0.0495. The van der Waals surface area contributed by atoms with E-state index in [1.54, 1.807) is 25.3 Å². The fourth-order valence-electron chi connectivity index (χ4n) is 2.30. The molecular formula is C14H21N3O4S. The lowest BCUT2D eigenvalue weighted by molar-refractivity contribution is 0.0920. The van der Waals surface area contributed by atoms with E-state index in [1.807, 2.05) is 0 Å². The molecule has 0 spiro atoms. The third-order valence-electron chi connectivity index (χ3n) is 3.72. The number of carbonyl (C=O) groups is 1. The number of hydrogen-bond acceptors (Lipinski definition) is 5. The van der Waals surface area contributed by atoms with Gasteiger partial charge in [0.05, 0.1) is 25.0 Å². The van der Waals surface area contributed by atoms with Crippen LogP contribution in [0.3, 0.4) is 0 Å². The van der Waals surface area contributed by atoms with Gasteiger partial charge in [-0.15, -0.1) is 0 Å². The number of nitrogens with one attached hydrogen (secondary N) is 1. The van der Waals surface area contributed by atoms with Gasteiger partial charge < -0.3 is 10.1 Å². The van der Waals surface area contributed by atoms with E-state index in [0.29, 0.717) is 18.9 Å². The zero-order valence-corrected chi connectivity index (χ0v) is 13.8. The predicted octanol–water partition coefficient (Wildman–Crippen LogP) is 0.0262. The summed E-state index contributed by atoms with van der Waals surface area (Å²) in [5.41, 5.74) is 1.12. The first-order valence-corrected chi connectivity index (χ1v) is 8.62. The first-order chi connectivity index (χ1) is 10.3. The van der Waals surface area contributed by atoms with Gasteiger partial charge in [0.25, 0.3) is 5.91 Å². The molecule has 122 valence electrons. The zero-order chi connectivity index (χ0) is 16.3. The van der Waals surface area contributed by atoms with Crippen molar-refractivity contribution in [2.45, 2.75) is 13.0 Å². The number of ether oxygens (including phenoxy) is 1. The second kappa shape index (κ2) is 6.72. The highest BCUT2D eigenvalue weighted by molar-refractivity contribution is 7.89. The molecule has 2 heterocycles. The first kappa shape index (κ1) is 16.9. The van der Waals surface area contributed by atoms with Crippen LogP contribution in [0.2, 0.25) is 0 Å². The Morgan fingerprint density at radius 1 is 1.45 bits per heavy atom. The van der Waals surface area contributed by atoms with Crippen molar-refractivity contribution in [1.82, 2.24) is 14.6 Å². The van der Waals surface area contributed by atoms with Crippen LogP contribution >= 0.6 is 0 Å². The summed E-state index contributed by atoms with van der Waals surface area (Å²) in [6, 6.07) is 3.24. The molecule has 1 N–H and O–H groups in total.